The lowest BCUT2D eigenvalue weighted by Crippen LogP contribution is -2.35. The van der Waals surface area contributed by atoms with Crippen LogP contribution in [0, 0.1) is 11.8 Å². The Morgan fingerprint density at radius 1 is 1.43 bits per heavy atom. The minimum atomic E-state index is -0.330. The molecule has 3 rings (SSSR count). The van der Waals surface area contributed by atoms with Crippen molar-refractivity contribution in [3.63, 3.8) is 0 Å². The van der Waals surface area contributed by atoms with Crippen LogP contribution in [0.4, 0.5) is 0 Å². The third kappa shape index (κ3) is 0.796. The van der Waals surface area contributed by atoms with Gasteiger partial charge in [0.15, 0.2) is 11.4 Å². The summed E-state index contributed by atoms with van der Waals surface area (Å²) in [6.07, 6.45) is 5.31. The number of epoxide rings is 1. The molecule has 2 saturated carbocycles. The molecular formula is C12H18O2. The predicted octanol–water partition coefficient (Wildman–Crippen LogP) is 2.31. The van der Waals surface area contributed by atoms with Crippen molar-refractivity contribution in [3.8, 4) is 0 Å². The molecule has 14 heavy (non-hydrogen) atoms. The van der Waals surface area contributed by atoms with Crippen LogP contribution in [0.3, 0.4) is 0 Å². The smallest absolute Gasteiger partial charge is 0.167 e. The Kier molecular flexibility index (Phi) is 1.53. The van der Waals surface area contributed by atoms with E-state index in [1.165, 1.54) is 12.8 Å². The summed E-state index contributed by atoms with van der Waals surface area (Å²) in [5.41, 5.74) is -0.406. The molecule has 2 heteroatoms. The fourth-order valence-electron chi connectivity index (χ4n) is 3.88. The Labute approximate surface area is 85.0 Å². The Morgan fingerprint density at radius 2 is 2.21 bits per heavy atom. The van der Waals surface area contributed by atoms with Gasteiger partial charge in [0.25, 0.3) is 0 Å². The van der Waals surface area contributed by atoms with Crippen LogP contribution in [0.5, 0.6) is 0 Å². The van der Waals surface area contributed by atoms with Gasteiger partial charge in [-0.3, -0.25) is 4.79 Å². The largest absolute Gasteiger partial charge is 0.354 e. The van der Waals surface area contributed by atoms with Crippen molar-refractivity contribution in [1.29, 1.82) is 0 Å². The number of hydrogen-bond acceptors (Lipinski definition) is 2. The Hall–Kier alpha value is -0.370. The first-order chi connectivity index (χ1) is 6.60. The van der Waals surface area contributed by atoms with Crippen LogP contribution in [0.2, 0.25) is 0 Å². The van der Waals surface area contributed by atoms with E-state index in [-0.39, 0.29) is 11.2 Å². The topological polar surface area (TPSA) is 29.6 Å². The Morgan fingerprint density at radius 3 is 2.93 bits per heavy atom. The third-order valence-corrected chi connectivity index (χ3v) is 4.75. The highest BCUT2D eigenvalue weighted by molar-refractivity contribution is 5.93. The van der Waals surface area contributed by atoms with Gasteiger partial charge in [-0.05, 0) is 38.5 Å². The second-order valence-corrected chi connectivity index (χ2v) is 5.51. The van der Waals surface area contributed by atoms with Crippen LogP contribution in [-0.2, 0) is 9.53 Å². The summed E-state index contributed by atoms with van der Waals surface area (Å²) in [7, 11) is 0. The van der Waals surface area contributed by atoms with E-state index in [0.29, 0.717) is 17.6 Å². The summed E-state index contributed by atoms with van der Waals surface area (Å²) in [6, 6.07) is 0. The van der Waals surface area contributed by atoms with E-state index in [4.69, 9.17) is 4.74 Å². The molecule has 1 heterocycles. The summed E-state index contributed by atoms with van der Waals surface area (Å²) in [4.78, 5) is 12.1. The fourth-order valence-corrected chi connectivity index (χ4v) is 3.88. The molecule has 4 atom stereocenters. The third-order valence-electron chi connectivity index (χ3n) is 4.75. The average molecular weight is 194 g/mol. The number of ketones is 1. The second-order valence-electron chi connectivity index (χ2n) is 5.51. The average Bonchev–Trinajstić information content (AvgIpc) is 2.67. The number of carbonyl (C=O) groups excluding carboxylic acids is 1. The van der Waals surface area contributed by atoms with E-state index in [0.717, 1.165) is 19.3 Å². The molecule has 1 saturated heterocycles. The van der Waals surface area contributed by atoms with Gasteiger partial charge in [0, 0.05) is 12.3 Å². The van der Waals surface area contributed by atoms with Crippen LogP contribution in [-0.4, -0.2) is 17.0 Å². The summed E-state index contributed by atoms with van der Waals surface area (Å²) in [5, 5.41) is 0. The molecule has 3 fully saturated rings. The van der Waals surface area contributed by atoms with Gasteiger partial charge in [-0.15, -0.1) is 0 Å². The molecule has 0 aromatic carbocycles. The van der Waals surface area contributed by atoms with Gasteiger partial charge < -0.3 is 4.74 Å². The van der Waals surface area contributed by atoms with E-state index in [9.17, 15) is 4.79 Å². The zero-order valence-electron chi connectivity index (χ0n) is 9.01. The summed E-state index contributed by atoms with van der Waals surface area (Å²) in [5.74, 6) is 1.58. The van der Waals surface area contributed by atoms with E-state index in [1.54, 1.807) is 0 Å². The first-order valence-electron chi connectivity index (χ1n) is 5.84. The van der Waals surface area contributed by atoms with E-state index in [2.05, 4.69) is 13.8 Å². The zero-order chi connectivity index (χ0) is 9.97. The van der Waals surface area contributed by atoms with Gasteiger partial charge in [-0.25, -0.2) is 0 Å². The summed E-state index contributed by atoms with van der Waals surface area (Å²) in [6.45, 7) is 4.42. The summed E-state index contributed by atoms with van der Waals surface area (Å²) < 4.78 is 5.85. The van der Waals surface area contributed by atoms with Gasteiger partial charge in [-0.1, -0.05) is 6.92 Å². The number of rotatable bonds is 0. The van der Waals surface area contributed by atoms with Gasteiger partial charge in [0.1, 0.15) is 5.60 Å². The van der Waals surface area contributed by atoms with Crippen LogP contribution < -0.4 is 0 Å². The van der Waals surface area contributed by atoms with Crippen molar-refractivity contribution in [2.75, 3.05) is 0 Å². The molecule has 0 amide bonds. The zero-order valence-corrected chi connectivity index (χ0v) is 9.01. The van der Waals surface area contributed by atoms with Gasteiger partial charge in [-0.2, -0.15) is 0 Å². The lowest BCUT2D eigenvalue weighted by atomic mass is 9.80. The van der Waals surface area contributed by atoms with E-state index < -0.39 is 0 Å². The quantitative estimate of drug-likeness (QED) is 0.554. The fraction of sp³-hybridized carbons (Fsp3) is 0.917. The molecule has 1 spiro atoms. The predicted molar refractivity (Wildman–Crippen MR) is 53.0 cm³/mol. The van der Waals surface area contributed by atoms with Crippen molar-refractivity contribution in [1.82, 2.24) is 0 Å². The number of carbonyl (C=O) groups is 1. The van der Waals surface area contributed by atoms with Crippen molar-refractivity contribution >= 4 is 5.78 Å². The Balaban J connectivity index is 2.01. The van der Waals surface area contributed by atoms with E-state index >= 15 is 0 Å². The van der Waals surface area contributed by atoms with Crippen LogP contribution >= 0.6 is 0 Å². The van der Waals surface area contributed by atoms with Crippen LogP contribution in [0.1, 0.15) is 46.0 Å². The van der Waals surface area contributed by atoms with Crippen molar-refractivity contribution in [3.05, 3.63) is 0 Å². The molecule has 0 bridgehead atoms. The standard InChI is InChI=1S/C12H18O2/c1-8-4-3-5-10(13)12-9(8)6-7-11(12,2)14-12/h8-9H,3-7H2,1-2H3/t8-,9-,11-,12-/m0/s1. The highest BCUT2D eigenvalue weighted by Crippen LogP contribution is 2.66. The Bertz CT molecular complexity index is 299. The van der Waals surface area contributed by atoms with Crippen molar-refractivity contribution in [2.45, 2.75) is 57.2 Å². The first kappa shape index (κ1) is 8.90. The molecular weight excluding hydrogens is 176 g/mol. The molecule has 0 N–H and O–H groups in total. The monoisotopic (exact) mass is 194 g/mol. The molecule has 0 aromatic heterocycles. The maximum Gasteiger partial charge on any atom is 0.167 e. The van der Waals surface area contributed by atoms with Gasteiger partial charge in [0.2, 0.25) is 0 Å². The maximum atomic E-state index is 12.1. The molecule has 2 nitrogen and oxygen atoms in total. The lowest BCUT2D eigenvalue weighted by molar-refractivity contribution is -0.125. The molecule has 0 radical (unpaired) electrons. The minimum Gasteiger partial charge on any atom is -0.354 e. The van der Waals surface area contributed by atoms with E-state index in [1.807, 2.05) is 0 Å². The van der Waals surface area contributed by atoms with Crippen LogP contribution in [0.15, 0.2) is 0 Å². The van der Waals surface area contributed by atoms with Gasteiger partial charge >= 0.3 is 0 Å². The highest BCUT2D eigenvalue weighted by Gasteiger charge is 2.78. The lowest BCUT2D eigenvalue weighted by Gasteiger charge is -2.22. The van der Waals surface area contributed by atoms with Crippen molar-refractivity contribution in [2.24, 2.45) is 11.8 Å². The first-order valence-corrected chi connectivity index (χ1v) is 5.84. The normalized spacial score (nSPS) is 56.3. The molecule has 0 unspecified atom stereocenters. The SMILES string of the molecule is C[C@H]1CCCC(=O)[C@]23O[C@@]2(C)CC[C@@H]13. The molecule has 0 aromatic rings. The summed E-state index contributed by atoms with van der Waals surface area (Å²) >= 11 is 0. The number of Topliss-reactive ketones (excluding diaryl/α,β-unsaturated/α-hetero) is 1. The number of hydrogen-bond donors (Lipinski definition) is 0. The minimum absolute atomic E-state index is 0.0760. The number of ether oxygens (including phenoxy) is 1. The van der Waals surface area contributed by atoms with Crippen molar-refractivity contribution < 1.29 is 9.53 Å². The highest BCUT2D eigenvalue weighted by atomic mass is 16.6. The molecule has 3 aliphatic rings. The second kappa shape index (κ2) is 2.41. The van der Waals surface area contributed by atoms with Crippen LogP contribution in [0.25, 0.3) is 0 Å². The molecule has 2 aliphatic carbocycles. The molecule has 1 aliphatic heterocycles. The van der Waals surface area contributed by atoms with Gasteiger partial charge in [0.05, 0.1) is 0 Å². The maximum absolute atomic E-state index is 12.1. The molecule has 78 valence electrons.